The Labute approximate surface area is 284 Å². The molecule has 1 aliphatic rings. The van der Waals surface area contributed by atoms with Gasteiger partial charge in [0.2, 0.25) is 0 Å². The van der Waals surface area contributed by atoms with E-state index < -0.39 is 12.0 Å². The molecule has 3 aromatic carbocycles. The quantitative estimate of drug-likeness (QED) is 0.147. The van der Waals surface area contributed by atoms with Crippen LogP contribution in [-0.4, -0.2) is 30.9 Å². The van der Waals surface area contributed by atoms with E-state index in [4.69, 9.17) is 35.5 Å². The lowest BCUT2D eigenvalue weighted by atomic mass is 9.93. The Hall–Kier alpha value is -3.86. The summed E-state index contributed by atoms with van der Waals surface area (Å²) in [5.41, 5.74) is 2.89. The monoisotopic (exact) mass is 724 g/mol. The summed E-state index contributed by atoms with van der Waals surface area (Å²) in [5, 5.41) is 0.624. The number of aromatic nitrogens is 1. The third kappa shape index (κ3) is 7.09. The largest absolute Gasteiger partial charge is 0.496 e. The second-order valence-electron chi connectivity index (χ2n) is 10.3. The number of rotatable bonds is 12. The van der Waals surface area contributed by atoms with E-state index in [1.165, 1.54) is 11.3 Å². The highest BCUT2D eigenvalue weighted by Gasteiger charge is 2.36. The van der Waals surface area contributed by atoms with Gasteiger partial charge in [0.15, 0.2) is 16.3 Å². The SMILES string of the molecule is CCCC1=C(C(=O)OCC)[C@@H](c2cc(Br)ccc2OC)n2c(s/c(=C/c3ccc(OCc4ccccc4Cl)c(OCC)c3)c2=O)=N1. The Morgan fingerprint density at radius 3 is 2.52 bits per heavy atom. The Kier molecular flexibility index (Phi) is 11.0. The number of nitrogens with zero attached hydrogens (tertiary/aromatic N) is 2. The second-order valence-corrected chi connectivity index (χ2v) is 12.7. The molecule has 11 heteroatoms. The minimum absolute atomic E-state index is 0.189. The van der Waals surface area contributed by atoms with Gasteiger partial charge in [-0.3, -0.25) is 9.36 Å². The van der Waals surface area contributed by atoms with Crippen molar-refractivity contribution in [3.63, 3.8) is 0 Å². The van der Waals surface area contributed by atoms with E-state index in [2.05, 4.69) is 15.9 Å². The van der Waals surface area contributed by atoms with Gasteiger partial charge in [-0.1, -0.05) is 76.5 Å². The van der Waals surface area contributed by atoms with Gasteiger partial charge >= 0.3 is 5.97 Å². The fourth-order valence-electron chi connectivity index (χ4n) is 5.26. The standard InChI is InChI=1S/C35H34BrClN2O6S/c1-5-10-26-31(34(41)44-7-3)32(24-19-23(36)14-16-27(24)42-4)39-33(40)30(46-35(39)38-26)18-21-13-15-28(29(17-21)43-6-2)45-20-22-11-8-9-12-25(22)37/h8-9,11-19,32H,5-7,10,20H2,1-4H3/b30-18+/t32-/m1/s1. The summed E-state index contributed by atoms with van der Waals surface area (Å²) in [5.74, 6) is 1.13. The van der Waals surface area contributed by atoms with E-state index in [0.717, 1.165) is 22.0 Å². The average molecular weight is 726 g/mol. The van der Waals surface area contributed by atoms with Crippen molar-refractivity contribution in [1.29, 1.82) is 0 Å². The highest BCUT2D eigenvalue weighted by Crippen LogP contribution is 2.38. The molecule has 1 aliphatic heterocycles. The molecule has 0 amide bonds. The van der Waals surface area contributed by atoms with Crippen LogP contribution < -0.4 is 29.1 Å². The molecule has 0 unspecified atom stereocenters. The Balaban J connectivity index is 1.63. The van der Waals surface area contributed by atoms with Crippen molar-refractivity contribution in [2.24, 2.45) is 4.99 Å². The van der Waals surface area contributed by atoms with Crippen LogP contribution in [0.1, 0.15) is 56.3 Å². The number of ether oxygens (including phenoxy) is 4. The normalized spacial score (nSPS) is 14.5. The summed E-state index contributed by atoms with van der Waals surface area (Å²) in [4.78, 5) is 33.1. The third-order valence-electron chi connectivity index (χ3n) is 7.28. The zero-order chi connectivity index (χ0) is 32.8. The summed E-state index contributed by atoms with van der Waals surface area (Å²) in [6.07, 6.45) is 3.09. The molecule has 0 radical (unpaired) electrons. The number of carbonyl (C=O) groups excluding carboxylic acids is 1. The molecule has 0 saturated carbocycles. The van der Waals surface area contributed by atoms with E-state index in [0.29, 0.717) is 61.5 Å². The van der Waals surface area contributed by atoms with Crippen molar-refractivity contribution in [2.45, 2.75) is 46.3 Å². The van der Waals surface area contributed by atoms with Gasteiger partial charge in [-0.25, -0.2) is 9.79 Å². The number of esters is 1. The predicted octanol–water partition coefficient (Wildman–Crippen LogP) is 6.98. The molecule has 1 aromatic heterocycles. The van der Waals surface area contributed by atoms with Crippen LogP contribution >= 0.6 is 38.9 Å². The lowest BCUT2D eigenvalue weighted by Crippen LogP contribution is -2.40. The fourth-order valence-corrected chi connectivity index (χ4v) is 6.85. The smallest absolute Gasteiger partial charge is 0.338 e. The first-order valence-corrected chi connectivity index (χ1v) is 17.0. The molecule has 8 nitrogen and oxygen atoms in total. The van der Waals surface area contributed by atoms with Crippen molar-refractivity contribution < 1.29 is 23.7 Å². The molecule has 4 aromatic rings. The summed E-state index contributed by atoms with van der Waals surface area (Å²) >= 11 is 11.1. The number of hydrogen-bond acceptors (Lipinski definition) is 8. The minimum atomic E-state index is -0.800. The molecule has 0 fully saturated rings. The highest BCUT2D eigenvalue weighted by molar-refractivity contribution is 9.10. The Bertz CT molecular complexity index is 1970. The predicted molar refractivity (Wildman–Crippen MR) is 184 cm³/mol. The van der Waals surface area contributed by atoms with Crippen molar-refractivity contribution in [1.82, 2.24) is 4.57 Å². The van der Waals surface area contributed by atoms with Crippen LogP contribution in [0.5, 0.6) is 17.2 Å². The van der Waals surface area contributed by atoms with Crippen molar-refractivity contribution in [2.75, 3.05) is 20.3 Å². The van der Waals surface area contributed by atoms with Crippen LogP contribution in [0.3, 0.4) is 0 Å². The van der Waals surface area contributed by atoms with E-state index in [1.807, 2.05) is 74.5 Å². The number of benzene rings is 3. The van der Waals surface area contributed by atoms with Crippen LogP contribution in [0, 0.1) is 0 Å². The van der Waals surface area contributed by atoms with Crippen molar-refractivity contribution >= 4 is 50.9 Å². The van der Waals surface area contributed by atoms with E-state index in [1.54, 1.807) is 24.7 Å². The molecule has 0 N–H and O–H groups in total. The Morgan fingerprint density at radius 2 is 1.80 bits per heavy atom. The van der Waals surface area contributed by atoms with Crippen molar-refractivity contribution in [3.8, 4) is 17.2 Å². The number of allylic oxidation sites excluding steroid dienone is 1. The zero-order valence-corrected chi connectivity index (χ0v) is 29.1. The molecule has 0 aliphatic carbocycles. The van der Waals surface area contributed by atoms with Crippen LogP contribution in [0.25, 0.3) is 6.08 Å². The number of carbonyl (C=O) groups is 1. The number of halogens is 2. The van der Waals surface area contributed by atoms with Crippen LogP contribution in [-0.2, 0) is 16.1 Å². The fraction of sp³-hybridized carbons (Fsp3) is 0.286. The Morgan fingerprint density at radius 1 is 1.02 bits per heavy atom. The summed E-state index contributed by atoms with van der Waals surface area (Å²) in [6, 6.07) is 17.8. The lowest BCUT2D eigenvalue weighted by Gasteiger charge is -2.27. The molecule has 0 spiro atoms. The van der Waals surface area contributed by atoms with Crippen LogP contribution in [0.2, 0.25) is 5.02 Å². The van der Waals surface area contributed by atoms with Crippen LogP contribution in [0.4, 0.5) is 0 Å². The molecule has 240 valence electrons. The van der Waals surface area contributed by atoms with E-state index >= 15 is 0 Å². The van der Waals surface area contributed by atoms with Gasteiger partial charge < -0.3 is 18.9 Å². The van der Waals surface area contributed by atoms with Gasteiger partial charge in [0.1, 0.15) is 18.4 Å². The van der Waals surface area contributed by atoms with Gasteiger partial charge in [0, 0.05) is 20.6 Å². The molecule has 2 heterocycles. The number of fused-ring (bicyclic) bond motifs is 1. The number of methoxy groups -OCH3 is 1. The summed E-state index contributed by atoms with van der Waals surface area (Å²) < 4.78 is 26.0. The molecule has 5 rings (SSSR count). The van der Waals surface area contributed by atoms with Crippen LogP contribution in [0.15, 0.2) is 86.2 Å². The first-order valence-electron chi connectivity index (χ1n) is 15.0. The van der Waals surface area contributed by atoms with E-state index in [-0.39, 0.29) is 18.8 Å². The average Bonchev–Trinajstić information content (AvgIpc) is 3.35. The summed E-state index contributed by atoms with van der Waals surface area (Å²) in [6.45, 7) is 6.57. The first-order chi connectivity index (χ1) is 22.3. The molecule has 1 atom stereocenters. The zero-order valence-electron chi connectivity index (χ0n) is 26.0. The highest BCUT2D eigenvalue weighted by atomic mass is 79.9. The topological polar surface area (TPSA) is 88.4 Å². The molecule has 46 heavy (non-hydrogen) atoms. The van der Waals surface area contributed by atoms with E-state index in [9.17, 15) is 9.59 Å². The minimum Gasteiger partial charge on any atom is -0.496 e. The lowest BCUT2D eigenvalue weighted by molar-refractivity contribution is -0.139. The van der Waals surface area contributed by atoms with Gasteiger partial charge in [-0.2, -0.15) is 0 Å². The maximum absolute atomic E-state index is 14.2. The van der Waals surface area contributed by atoms with Crippen molar-refractivity contribution in [3.05, 3.63) is 118 Å². The van der Waals surface area contributed by atoms with Gasteiger partial charge in [-0.05, 0) is 68.3 Å². The molecule has 0 saturated heterocycles. The molecular formula is C35H34BrClN2O6S. The summed E-state index contributed by atoms with van der Waals surface area (Å²) in [7, 11) is 1.56. The maximum Gasteiger partial charge on any atom is 0.338 e. The second kappa shape index (κ2) is 15.2. The third-order valence-corrected chi connectivity index (χ3v) is 9.13. The number of thiazole rings is 1. The van der Waals surface area contributed by atoms with Gasteiger partial charge in [-0.15, -0.1) is 0 Å². The number of hydrogen-bond donors (Lipinski definition) is 0. The first kappa shape index (κ1) is 33.5. The van der Waals surface area contributed by atoms with Gasteiger partial charge in [0.25, 0.3) is 5.56 Å². The maximum atomic E-state index is 14.2. The van der Waals surface area contributed by atoms with Gasteiger partial charge in [0.05, 0.1) is 36.1 Å². The molecule has 0 bridgehead atoms. The molecular weight excluding hydrogens is 692 g/mol.